The first-order valence-corrected chi connectivity index (χ1v) is 3.82. The van der Waals surface area contributed by atoms with Gasteiger partial charge in [0.15, 0.2) is 11.4 Å². The number of rotatable bonds is 1. The van der Waals surface area contributed by atoms with Crippen molar-refractivity contribution in [3.05, 3.63) is 16.9 Å². The number of nitrogens with zero attached hydrogens (tertiary/aromatic N) is 2. The number of halogens is 4. The number of nitriles is 1. The molecule has 4 nitrogen and oxygen atoms in total. The van der Waals surface area contributed by atoms with Crippen molar-refractivity contribution >= 4 is 17.3 Å². The molecule has 0 saturated heterocycles. The number of ether oxygens (including phenoxy) is 1. The highest BCUT2D eigenvalue weighted by Crippen LogP contribution is 2.34. The minimum absolute atomic E-state index is 0.255. The Morgan fingerprint density at radius 1 is 1.53 bits per heavy atom. The maximum absolute atomic E-state index is 11.8. The van der Waals surface area contributed by atoms with Crippen molar-refractivity contribution in [1.82, 2.24) is 4.98 Å². The molecule has 0 saturated carbocycles. The maximum Gasteiger partial charge on any atom is 0.573 e. The first kappa shape index (κ1) is 11.4. The molecule has 0 aliphatic rings. The third kappa shape index (κ3) is 2.63. The lowest BCUT2D eigenvalue weighted by molar-refractivity contribution is -0.274. The van der Waals surface area contributed by atoms with Crippen LogP contribution in [-0.4, -0.2) is 11.3 Å². The van der Waals surface area contributed by atoms with E-state index in [1.165, 1.54) is 0 Å². The number of aromatic nitrogens is 1. The predicted molar refractivity (Wildman–Crippen MR) is 45.1 cm³/mol. The van der Waals surface area contributed by atoms with Gasteiger partial charge in [-0.3, -0.25) is 0 Å². The summed E-state index contributed by atoms with van der Waals surface area (Å²) in [5.41, 5.74) is 4.65. The lowest BCUT2D eigenvalue weighted by Gasteiger charge is -2.11. The molecule has 0 spiro atoms. The molecule has 1 aromatic heterocycles. The van der Waals surface area contributed by atoms with Crippen LogP contribution in [0.4, 0.5) is 18.9 Å². The van der Waals surface area contributed by atoms with E-state index in [1.807, 2.05) is 0 Å². The molecule has 15 heavy (non-hydrogen) atoms. The summed E-state index contributed by atoms with van der Waals surface area (Å²) in [6, 6.07) is 1.57. The third-order valence-corrected chi connectivity index (χ3v) is 1.74. The Morgan fingerprint density at radius 2 is 2.13 bits per heavy atom. The van der Waals surface area contributed by atoms with Crippen LogP contribution in [0.5, 0.6) is 5.75 Å². The molecule has 0 aliphatic carbocycles. The molecule has 80 valence electrons. The number of alkyl halides is 3. The zero-order chi connectivity index (χ0) is 11.6. The lowest BCUT2D eigenvalue weighted by atomic mass is 10.3. The summed E-state index contributed by atoms with van der Waals surface area (Å²) in [4.78, 5) is 3.35. The second-order valence-electron chi connectivity index (χ2n) is 2.36. The van der Waals surface area contributed by atoms with Crippen molar-refractivity contribution in [1.29, 1.82) is 5.26 Å². The normalized spacial score (nSPS) is 10.9. The van der Waals surface area contributed by atoms with Crippen molar-refractivity contribution < 1.29 is 17.9 Å². The van der Waals surface area contributed by atoms with Crippen LogP contribution >= 0.6 is 11.6 Å². The summed E-state index contributed by atoms with van der Waals surface area (Å²) < 4.78 is 39.0. The van der Waals surface area contributed by atoms with Crippen LogP contribution in [0.15, 0.2) is 6.20 Å². The van der Waals surface area contributed by atoms with Gasteiger partial charge in [-0.2, -0.15) is 5.26 Å². The van der Waals surface area contributed by atoms with Gasteiger partial charge in [0.25, 0.3) is 0 Å². The van der Waals surface area contributed by atoms with Gasteiger partial charge < -0.3 is 10.5 Å². The van der Waals surface area contributed by atoms with Crippen LogP contribution in [0.25, 0.3) is 0 Å². The predicted octanol–water partition coefficient (Wildman–Crippen LogP) is 2.09. The molecule has 0 unspecified atom stereocenters. The number of hydrogen-bond acceptors (Lipinski definition) is 4. The van der Waals surface area contributed by atoms with E-state index in [-0.39, 0.29) is 11.4 Å². The van der Waals surface area contributed by atoms with Gasteiger partial charge in [-0.05, 0) is 0 Å². The number of anilines is 1. The van der Waals surface area contributed by atoms with Gasteiger partial charge in [0.1, 0.15) is 11.1 Å². The standard InChI is InChI=1S/C7H3ClF3N3O/c8-5-4(15-7(9,10)11)2-14-3(1-12)6(5)13/h2H,13H2. The SMILES string of the molecule is N#Cc1ncc(OC(F)(F)F)c(Cl)c1N. The number of nitrogens with two attached hydrogens (primary N) is 1. The zero-order valence-corrected chi connectivity index (χ0v) is 7.73. The molecule has 0 amide bonds. The van der Waals surface area contributed by atoms with Crippen molar-refractivity contribution in [3.8, 4) is 11.8 Å². The minimum Gasteiger partial charge on any atom is -0.402 e. The van der Waals surface area contributed by atoms with E-state index >= 15 is 0 Å². The van der Waals surface area contributed by atoms with Gasteiger partial charge in [-0.1, -0.05) is 11.6 Å². The van der Waals surface area contributed by atoms with Gasteiger partial charge in [-0.25, -0.2) is 4.98 Å². The van der Waals surface area contributed by atoms with E-state index in [0.29, 0.717) is 6.20 Å². The molecule has 1 aromatic rings. The van der Waals surface area contributed by atoms with Gasteiger partial charge in [-0.15, -0.1) is 13.2 Å². The first-order chi connectivity index (χ1) is 6.85. The van der Waals surface area contributed by atoms with Crippen molar-refractivity contribution in [2.45, 2.75) is 6.36 Å². The molecule has 1 rings (SSSR count). The second-order valence-corrected chi connectivity index (χ2v) is 2.74. The average Bonchev–Trinajstić information content (AvgIpc) is 2.11. The fraction of sp³-hybridized carbons (Fsp3) is 0.143. The molecule has 0 aromatic carbocycles. The molecule has 0 bridgehead atoms. The van der Waals surface area contributed by atoms with E-state index in [2.05, 4.69) is 9.72 Å². The molecule has 2 N–H and O–H groups in total. The smallest absolute Gasteiger partial charge is 0.402 e. The Hall–Kier alpha value is -1.68. The Labute approximate surface area is 87.0 Å². The van der Waals surface area contributed by atoms with Gasteiger partial charge >= 0.3 is 6.36 Å². The number of pyridine rings is 1. The Kier molecular flexibility index (Phi) is 2.90. The van der Waals surface area contributed by atoms with Crippen LogP contribution in [0, 0.1) is 11.3 Å². The highest BCUT2D eigenvalue weighted by molar-refractivity contribution is 6.34. The van der Waals surface area contributed by atoms with Crippen molar-refractivity contribution in [2.75, 3.05) is 5.73 Å². The topological polar surface area (TPSA) is 71.9 Å². The molecule has 0 fully saturated rings. The molecular weight excluding hydrogens is 235 g/mol. The molecule has 1 heterocycles. The summed E-state index contributed by atoms with van der Waals surface area (Å²) in [5, 5.41) is 7.96. The van der Waals surface area contributed by atoms with Crippen molar-refractivity contribution in [3.63, 3.8) is 0 Å². The van der Waals surface area contributed by atoms with Gasteiger partial charge in [0.05, 0.1) is 11.9 Å². The summed E-state index contributed by atoms with van der Waals surface area (Å²) >= 11 is 5.44. The highest BCUT2D eigenvalue weighted by Gasteiger charge is 2.32. The Balaban J connectivity index is 3.14. The monoisotopic (exact) mass is 237 g/mol. The van der Waals surface area contributed by atoms with E-state index in [4.69, 9.17) is 22.6 Å². The minimum atomic E-state index is -4.88. The van der Waals surface area contributed by atoms with Crippen LogP contribution in [0.3, 0.4) is 0 Å². The Morgan fingerprint density at radius 3 is 2.60 bits per heavy atom. The van der Waals surface area contributed by atoms with E-state index in [0.717, 1.165) is 0 Å². The van der Waals surface area contributed by atoms with Crippen LogP contribution in [-0.2, 0) is 0 Å². The summed E-state index contributed by atoms with van der Waals surface area (Å²) in [7, 11) is 0. The number of hydrogen-bond donors (Lipinski definition) is 1. The van der Waals surface area contributed by atoms with Gasteiger partial charge in [0, 0.05) is 0 Å². The van der Waals surface area contributed by atoms with Gasteiger partial charge in [0.2, 0.25) is 0 Å². The van der Waals surface area contributed by atoms with Crippen LogP contribution < -0.4 is 10.5 Å². The highest BCUT2D eigenvalue weighted by atomic mass is 35.5. The first-order valence-electron chi connectivity index (χ1n) is 3.45. The zero-order valence-electron chi connectivity index (χ0n) is 6.97. The molecule has 0 atom stereocenters. The maximum atomic E-state index is 11.8. The third-order valence-electron chi connectivity index (χ3n) is 1.35. The molecule has 8 heteroatoms. The largest absolute Gasteiger partial charge is 0.573 e. The fourth-order valence-electron chi connectivity index (χ4n) is 0.771. The summed E-state index contributed by atoms with van der Waals surface area (Å²) in [6.07, 6.45) is -4.20. The molecular formula is C7H3ClF3N3O. The van der Waals surface area contributed by atoms with Crippen LogP contribution in [0.1, 0.15) is 5.69 Å². The fourth-order valence-corrected chi connectivity index (χ4v) is 0.948. The van der Waals surface area contributed by atoms with Crippen molar-refractivity contribution in [2.24, 2.45) is 0 Å². The average molecular weight is 238 g/mol. The summed E-state index contributed by atoms with van der Waals surface area (Å²) in [5.74, 6) is -0.735. The Bertz CT molecular complexity index is 427. The lowest BCUT2D eigenvalue weighted by Crippen LogP contribution is -2.18. The van der Waals surface area contributed by atoms with E-state index < -0.39 is 17.1 Å². The molecule has 0 radical (unpaired) electrons. The molecule has 0 aliphatic heterocycles. The summed E-state index contributed by atoms with van der Waals surface area (Å²) in [6.45, 7) is 0. The van der Waals surface area contributed by atoms with E-state index in [1.54, 1.807) is 6.07 Å². The van der Waals surface area contributed by atoms with E-state index in [9.17, 15) is 13.2 Å². The quantitative estimate of drug-likeness (QED) is 0.812. The second kappa shape index (κ2) is 3.82. The van der Waals surface area contributed by atoms with Crippen LogP contribution in [0.2, 0.25) is 5.02 Å². The number of nitrogen functional groups attached to an aromatic ring is 1.